The molecule has 0 aliphatic heterocycles. The summed E-state index contributed by atoms with van der Waals surface area (Å²) in [5, 5.41) is 0. The van der Waals surface area contributed by atoms with E-state index < -0.39 is 0 Å². The second kappa shape index (κ2) is 2.08. The standard InChI is InChI=1S/C7H10N4/c8-5-3-10-7(9)11-6(5)4-1-2-4/h3-4H,1-2,8H2,(H2,9,10,11). The van der Waals surface area contributed by atoms with Crippen molar-refractivity contribution in [2.24, 2.45) is 0 Å². The smallest absolute Gasteiger partial charge is 0.220 e. The molecule has 1 aliphatic carbocycles. The SMILES string of the molecule is Nc1ncc(N)c(C2CC2)n1. The number of aromatic nitrogens is 2. The molecule has 0 saturated heterocycles. The Kier molecular flexibility index (Phi) is 1.21. The third-order valence-corrected chi connectivity index (χ3v) is 1.83. The van der Waals surface area contributed by atoms with E-state index in [1.165, 1.54) is 12.8 Å². The number of hydrogen-bond donors (Lipinski definition) is 2. The van der Waals surface area contributed by atoms with Gasteiger partial charge >= 0.3 is 0 Å². The lowest BCUT2D eigenvalue weighted by Crippen LogP contribution is -2.02. The summed E-state index contributed by atoms with van der Waals surface area (Å²) in [4.78, 5) is 7.87. The lowest BCUT2D eigenvalue weighted by Gasteiger charge is -2.01. The lowest BCUT2D eigenvalue weighted by molar-refractivity contribution is 1.00. The van der Waals surface area contributed by atoms with Crippen LogP contribution in [0.25, 0.3) is 0 Å². The van der Waals surface area contributed by atoms with E-state index in [0.717, 1.165) is 5.69 Å². The molecule has 1 aromatic rings. The average molecular weight is 150 g/mol. The first kappa shape index (κ1) is 6.39. The molecule has 1 heterocycles. The van der Waals surface area contributed by atoms with Gasteiger partial charge in [-0.3, -0.25) is 0 Å². The van der Waals surface area contributed by atoms with E-state index in [-0.39, 0.29) is 0 Å². The van der Waals surface area contributed by atoms with Gasteiger partial charge in [0.1, 0.15) is 0 Å². The van der Waals surface area contributed by atoms with Gasteiger partial charge in [0.15, 0.2) is 0 Å². The molecule has 1 aromatic heterocycles. The first-order valence-corrected chi connectivity index (χ1v) is 3.65. The maximum atomic E-state index is 5.65. The van der Waals surface area contributed by atoms with Gasteiger partial charge in [0, 0.05) is 5.92 Å². The topological polar surface area (TPSA) is 77.8 Å². The highest BCUT2D eigenvalue weighted by molar-refractivity contribution is 5.46. The van der Waals surface area contributed by atoms with Crippen molar-refractivity contribution in [2.75, 3.05) is 11.5 Å². The van der Waals surface area contributed by atoms with Crippen molar-refractivity contribution in [3.63, 3.8) is 0 Å². The zero-order valence-corrected chi connectivity index (χ0v) is 6.12. The Hall–Kier alpha value is -1.32. The molecule has 1 fully saturated rings. The Morgan fingerprint density at radius 2 is 2.09 bits per heavy atom. The van der Waals surface area contributed by atoms with Gasteiger partial charge in [-0.15, -0.1) is 0 Å². The molecule has 4 heteroatoms. The van der Waals surface area contributed by atoms with E-state index in [2.05, 4.69) is 9.97 Å². The number of hydrogen-bond acceptors (Lipinski definition) is 4. The van der Waals surface area contributed by atoms with Gasteiger partial charge in [0.2, 0.25) is 5.95 Å². The number of anilines is 2. The van der Waals surface area contributed by atoms with Crippen LogP contribution in [0.5, 0.6) is 0 Å². The van der Waals surface area contributed by atoms with Crippen LogP contribution < -0.4 is 11.5 Å². The minimum Gasteiger partial charge on any atom is -0.396 e. The molecule has 1 saturated carbocycles. The number of nitrogens with zero attached hydrogens (tertiary/aromatic N) is 2. The average Bonchev–Trinajstić information content (AvgIpc) is 2.76. The molecular formula is C7H10N4. The Bertz CT molecular complexity index is 280. The fourth-order valence-corrected chi connectivity index (χ4v) is 1.10. The van der Waals surface area contributed by atoms with Crippen LogP contribution in [0.15, 0.2) is 6.20 Å². The van der Waals surface area contributed by atoms with E-state index in [0.29, 0.717) is 17.6 Å². The molecule has 0 atom stereocenters. The molecule has 2 rings (SSSR count). The molecule has 0 aromatic carbocycles. The highest BCUT2D eigenvalue weighted by Crippen LogP contribution is 2.41. The first-order chi connectivity index (χ1) is 5.27. The molecule has 11 heavy (non-hydrogen) atoms. The number of nitrogens with two attached hydrogens (primary N) is 2. The van der Waals surface area contributed by atoms with Gasteiger partial charge in [-0.1, -0.05) is 0 Å². The molecule has 0 amide bonds. The van der Waals surface area contributed by atoms with E-state index in [1.54, 1.807) is 6.20 Å². The highest BCUT2D eigenvalue weighted by atomic mass is 15.0. The maximum Gasteiger partial charge on any atom is 0.220 e. The monoisotopic (exact) mass is 150 g/mol. The third kappa shape index (κ3) is 1.11. The molecule has 0 radical (unpaired) electrons. The van der Waals surface area contributed by atoms with Crippen molar-refractivity contribution in [2.45, 2.75) is 18.8 Å². The van der Waals surface area contributed by atoms with Crippen molar-refractivity contribution in [1.29, 1.82) is 0 Å². The molecule has 58 valence electrons. The Morgan fingerprint density at radius 1 is 1.36 bits per heavy atom. The van der Waals surface area contributed by atoms with Crippen molar-refractivity contribution in [3.8, 4) is 0 Å². The summed E-state index contributed by atoms with van der Waals surface area (Å²) in [7, 11) is 0. The van der Waals surface area contributed by atoms with E-state index in [1.807, 2.05) is 0 Å². The molecule has 4 N–H and O–H groups in total. The van der Waals surface area contributed by atoms with Gasteiger partial charge in [-0.2, -0.15) is 0 Å². The quantitative estimate of drug-likeness (QED) is 0.611. The maximum absolute atomic E-state index is 5.65. The highest BCUT2D eigenvalue weighted by Gasteiger charge is 2.27. The van der Waals surface area contributed by atoms with Crippen LogP contribution in [0.2, 0.25) is 0 Å². The second-order valence-electron chi connectivity index (χ2n) is 2.84. The van der Waals surface area contributed by atoms with Crippen LogP contribution in [-0.2, 0) is 0 Å². The van der Waals surface area contributed by atoms with Crippen LogP contribution in [0, 0.1) is 0 Å². The molecule has 0 spiro atoms. The molecular weight excluding hydrogens is 140 g/mol. The van der Waals surface area contributed by atoms with Crippen LogP contribution >= 0.6 is 0 Å². The predicted molar refractivity (Wildman–Crippen MR) is 42.8 cm³/mol. The Labute approximate surface area is 64.6 Å². The summed E-state index contributed by atoms with van der Waals surface area (Å²) in [5.74, 6) is 0.862. The Balaban J connectivity index is 2.42. The van der Waals surface area contributed by atoms with Crippen molar-refractivity contribution >= 4 is 11.6 Å². The molecule has 1 aliphatic rings. The summed E-state index contributed by atoms with van der Waals surface area (Å²) in [6.45, 7) is 0. The predicted octanol–water partition coefficient (Wildman–Crippen LogP) is 0.518. The van der Waals surface area contributed by atoms with E-state index in [9.17, 15) is 0 Å². The van der Waals surface area contributed by atoms with Crippen molar-refractivity contribution < 1.29 is 0 Å². The van der Waals surface area contributed by atoms with Crippen LogP contribution in [0.1, 0.15) is 24.5 Å². The van der Waals surface area contributed by atoms with Crippen LogP contribution in [-0.4, -0.2) is 9.97 Å². The van der Waals surface area contributed by atoms with Crippen LogP contribution in [0.4, 0.5) is 11.6 Å². The fraction of sp³-hybridized carbons (Fsp3) is 0.429. The zero-order valence-electron chi connectivity index (χ0n) is 6.12. The summed E-state index contributed by atoms with van der Waals surface area (Å²) in [6, 6.07) is 0. The van der Waals surface area contributed by atoms with E-state index >= 15 is 0 Å². The number of nitrogen functional groups attached to an aromatic ring is 2. The van der Waals surface area contributed by atoms with Gasteiger partial charge in [-0.25, -0.2) is 9.97 Å². The lowest BCUT2D eigenvalue weighted by atomic mass is 10.2. The fourth-order valence-electron chi connectivity index (χ4n) is 1.10. The number of rotatable bonds is 1. The summed E-state index contributed by atoms with van der Waals surface area (Å²) < 4.78 is 0. The van der Waals surface area contributed by atoms with Gasteiger partial charge in [-0.05, 0) is 12.8 Å². The van der Waals surface area contributed by atoms with Gasteiger partial charge in [0.25, 0.3) is 0 Å². The van der Waals surface area contributed by atoms with Gasteiger partial charge in [0.05, 0.1) is 17.6 Å². The summed E-state index contributed by atoms with van der Waals surface area (Å²) >= 11 is 0. The third-order valence-electron chi connectivity index (χ3n) is 1.83. The summed E-state index contributed by atoms with van der Waals surface area (Å²) in [6.07, 6.45) is 3.94. The molecule has 4 nitrogen and oxygen atoms in total. The van der Waals surface area contributed by atoms with Gasteiger partial charge < -0.3 is 11.5 Å². The van der Waals surface area contributed by atoms with E-state index in [4.69, 9.17) is 11.5 Å². The minimum absolute atomic E-state index is 0.320. The summed E-state index contributed by atoms with van der Waals surface area (Å²) in [5.41, 5.74) is 12.7. The minimum atomic E-state index is 0.320. The van der Waals surface area contributed by atoms with Crippen molar-refractivity contribution in [1.82, 2.24) is 9.97 Å². The second-order valence-corrected chi connectivity index (χ2v) is 2.84. The normalized spacial score (nSPS) is 16.7. The molecule has 0 bridgehead atoms. The van der Waals surface area contributed by atoms with Crippen LogP contribution in [0.3, 0.4) is 0 Å². The Morgan fingerprint density at radius 3 is 2.73 bits per heavy atom. The van der Waals surface area contributed by atoms with Crippen molar-refractivity contribution in [3.05, 3.63) is 11.9 Å². The zero-order chi connectivity index (χ0) is 7.84. The molecule has 0 unspecified atom stereocenters. The largest absolute Gasteiger partial charge is 0.396 e. The first-order valence-electron chi connectivity index (χ1n) is 3.65.